The van der Waals surface area contributed by atoms with Crippen molar-refractivity contribution in [3.05, 3.63) is 52.6 Å². The van der Waals surface area contributed by atoms with Crippen LogP contribution >= 0.6 is 0 Å². The predicted molar refractivity (Wildman–Crippen MR) is 202 cm³/mol. The zero-order valence-electron chi connectivity index (χ0n) is 32.6. The van der Waals surface area contributed by atoms with Gasteiger partial charge >= 0.3 is 0 Å². The lowest BCUT2D eigenvalue weighted by atomic mass is 9.72. The number of aryl methyl sites for hydroxylation is 2. The van der Waals surface area contributed by atoms with E-state index in [0.717, 1.165) is 37.7 Å². The highest BCUT2D eigenvalue weighted by atomic mass is 16.5. The van der Waals surface area contributed by atoms with Crippen molar-refractivity contribution in [3.63, 3.8) is 0 Å². The van der Waals surface area contributed by atoms with Gasteiger partial charge in [-0.2, -0.15) is 0 Å². The third-order valence-electron chi connectivity index (χ3n) is 6.64. The fourth-order valence-corrected chi connectivity index (χ4v) is 4.87. The summed E-state index contributed by atoms with van der Waals surface area (Å²) in [6.45, 7) is 27.2. The van der Waals surface area contributed by atoms with Gasteiger partial charge in [0, 0.05) is 24.4 Å². The quantitative estimate of drug-likeness (QED) is 0.169. The molecule has 0 radical (unpaired) electrons. The maximum absolute atomic E-state index is 9.68. The number of hydrogen-bond donors (Lipinski definition) is 0. The highest BCUT2D eigenvalue weighted by Gasteiger charge is 2.30. The van der Waals surface area contributed by atoms with Crippen molar-refractivity contribution in [2.45, 2.75) is 133 Å². The third-order valence-corrected chi connectivity index (χ3v) is 6.64. The van der Waals surface area contributed by atoms with Crippen molar-refractivity contribution in [2.24, 2.45) is 5.92 Å². The smallest absolute Gasteiger partial charge is 0.123 e. The first-order valence-electron chi connectivity index (χ1n) is 17.5. The molecule has 0 amide bonds. The van der Waals surface area contributed by atoms with Crippen LogP contribution in [0.2, 0.25) is 0 Å². The highest BCUT2D eigenvalue weighted by molar-refractivity contribution is 5.50. The molecule has 1 aromatic carbocycles. The van der Waals surface area contributed by atoms with E-state index in [-0.39, 0.29) is 0 Å². The summed E-state index contributed by atoms with van der Waals surface area (Å²) in [6.07, 6.45) is 14.3. The molecular weight excluding hydrogens is 556 g/mol. The summed E-state index contributed by atoms with van der Waals surface area (Å²) in [5.74, 6) is 2.00. The van der Waals surface area contributed by atoms with Gasteiger partial charge in [0.25, 0.3) is 0 Å². The van der Waals surface area contributed by atoms with Crippen molar-refractivity contribution >= 4 is 12.6 Å². The average molecular weight is 633 g/mol. The van der Waals surface area contributed by atoms with Gasteiger partial charge in [-0.25, -0.2) is 0 Å². The summed E-state index contributed by atoms with van der Waals surface area (Å²) in [4.78, 5) is 22.6. The van der Waals surface area contributed by atoms with Crippen LogP contribution in [0.4, 0.5) is 0 Å². The van der Waals surface area contributed by atoms with E-state index in [2.05, 4.69) is 92.2 Å². The molecule has 5 nitrogen and oxygen atoms in total. The Kier molecular flexibility index (Phi) is 38.2. The monoisotopic (exact) mass is 633 g/mol. The number of carbonyl (C=O) groups excluding carboxylic acids is 2. The number of allylic oxidation sites excluding steroid dienone is 3. The average Bonchev–Trinajstić information content (AvgIpc) is 2.98. The van der Waals surface area contributed by atoms with Crippen molar-refractivity contribution in [1.29, 1.82) is 0 Å². The van der Waals surface area contributed by atoms with Gasteiger partial charge in [0.15, 0.2) is 0 Å². The summed E-state index contributed by atoms with van der Waals surface area (Å²) >= 11 is 0. The number of benzene rings is 1. The topological polar surface area (TPSA) is 49.9 Å². The third kappa shape index (κ3) is 26.7. The van der Waals surface area contributed by atoms with E-state index < -0.39 is 0 Å². The molecule has 2 unspecified atom stereocenters. The van der Waals surface area contributed by atoms with Crippen molar-refractivity contribution in [1.82, 2.24) is 9.80 Å². The molecule has 0 saturated heterocycles. The van der Waals surface area contributed by atoms with Crippen LogP contribution in [0.15, 0.2) is 35.9 Å². The van der Waals surface area contributed by atoms with E-state index in [1.165, 1.54) is 79.8 Å². The zero-order chi connectivity index (χ0) is 35.8. The van der Waals surface area contributed by atoms with Gasteiger partial charge < -0.3 is 24.1 Å². The van der Waals surface area contributed by atoms with Gasteiger partial charge in [-0.1, -0.05) is 97.6 Å². The molecule has 1 aromatic rings. The number of aldehydes is 2. The van der Waals surface area contributed by atoms with Crippen LogP contribution in [0, 0.1) is 5.92 Å². The van der Waals surface area contributed by atoms with Crippen molar-refractivity contribution < 1.29 is 14.3 Å². The molecule has 0 spiro atoms. The van der Waals surface area contributed by atoms with Crippen LogP contribution in [0.5, 0.6) is 5.75 Å². The summed E-state index contributed by atoms with van der Waals surface area (Å²) in [7, 11) is 9.89. The lowest BCUT2D eigenvalue weighted by Gasteiger charge is -2.33. The minimum atomic E-state index is 0.406. The van der Waals surface area contributed by atoms with Crippen LogP contribution in [0.1, 0.15) is 137 Å². The normalized spacial score (nSPS) is 14.6. The van der Waals surface area contributed by atoms with Gasteiger partial charge in [-0.15, -0.1) is 0 Å². The van der Waals surface area contributed by atoms with Gasteiger partial charge in [0.2, 0.25) is 0 Å². The molecule has 1 aliphatic carbocycles. The molecule has 2 atom stereocenters. The van der Waals surface area contributed by atoms with Crippen LogP contribution in [-0.4, -0.2) is 70.8 Å². The maximum atomic E-state index is 9.68. The zero-order valence-corrected chi connectivity index (χ0v) is 32.6. The lowest BCUT2D eigenvalue weighted by molar-refractivity contribution is -0.108. The van der Waals surface area contributed by atoms with E-state index in [1.807, 2.05) is 40.0 Å². The molecule has 0 heterocycles. The fraction of sp³-hybridized carbons (Fsp3) is 0.700. The maximum Gasteiger partial charge on any atom is 0.123 e. The number of nitrogens with zero attached hydrogens (tertiary/aromatic N) is 2. The van der Waals surface area contributed by atoms with Crippen LogP contribution < -0.4 is 4.74 Å². The van der Waals surface area contributed by atoms with Gasteiger partial charge in [-0.05, 0) is 111 Å². The summed E-state index contributed by atoms with van der Waals surface area (Å²) in [5.41, 5.74) is 7.09. The molecule has 0 fully saturated rings. The molecule has 5 heteroatoms. The summed E-state index contributed by atoms with van der Waals surface area (Å²) in [6, 6.07) is 4.70. The SMILES string of the molecule is C=C(C)C1CCC(C)=CC1c1c(CCC)cc(CCC)cc1OC.CC.CC=O.CCC.CCCN(C)C.CN(C)CCC=O. The van der Waals surface area contributed by atoms with Gasteiger partial charge in [-0.3, -0.25) is 0 Å². The molecule has 45 heavy (non-hydrogen) atoms. The van der Waals surface area contributed by atoms with E-state index in [4.69, 9.17) is 9.53 Å². The van der Waals surface area contributed by atoms with Crippen molar-refractivity contribution in [2.75, 3.05) is 48.4 Å². The van der Waals surface area contributed by atoms with E-state index in [0.29, 0.717) is 18.3 Å². The standard InChI is InChI=1S/C23H34O.C5H11NO.C5H13N.C3H8.C2H4O.C2H6/c1-7-9-18-14-19(10-8-2)23(22(15-18)24-6)21-13-17(5)11-12-20(21)16(3)4;1-6(2)4-3-5-7;1-4-5-6(2)3;1-3-2;1-2-3;1-2/h13-15,20-21H,3,7-12H2,1-2,4-6H3;5H,3-4H2,1-2H3;4-5H2,1-3H3;3H2,1-2H3;2H,1H3;1-2H3. The van der Waals surface area contributed by atoms with Crippen LogP contribution in [0.25, 0.3) is 0 Å². The number of ether oxygens (including phenoxy) is 1. The molecule has 0 N–H and O–H groups in total. The van der Waals surface area contributed by atoms with E-state index in [9.17, 15) is 4.79 Å². The van der Waals surface area contributed by atoms with Crippen LogP contribution in [-0.2, 0) is 22.4 Å². The Hall–Kier alpha value is -2.24. The predicted octanol–water partition coefficient (Wildman–Crippen LogP) is 10.4. The molecule has 264 valence electrons. The second-order valence-corrected chi connectivity index (χ2v) is 11.9. The Bertz CT molecular complexity index is 875. The molecule has 2 rings (SSSR count). The van der Waals surface area contributed by atoms with Gasteiger partial charge in [0.05, 0.1) is 7.11 Å². The Morgan fingerprint density at radius 1 is 0.933 bits per heavy atom. The second kappa shape index (κ2) is 34.6. The molecular formula is C40H76N2O3. The molecule has 0 aliphatic heterocycles. The second-order valence-electron chi connectivity index (χ2n) is 11.9. The molecule has 1 aliphatic rings. The lowest BCUT2D eigenvalue weighted by Crippen LogP contribution is -2.19. The number of methoxy groups -OCH3 is 1. The first-order chi connectivity index (χ1) is 21.4. The minimum absolute atomic E-state index is 0.406. The van der Waals surface area contributed by atoms with E-state index >= 15 is 0 Å². The summed E-state index contributed by atoms with van der Waals surface area (Å²) in [5, 5.41) is 0. The number of rotatable bonds is 12. The molecule has 0 saturated carbocycles. The Morgan fingerprint density at radius 3 is 1.78 bits per heavy atom. The number of hydrogen-bond acceptors (Lipinski definition) is 5. The van der Waals surface area contributed by atoms with Crippen LogP contribution in [0.3, 0.4) is 0 Å². The fourth-order valence-electron chi connectivity index (χ4n) is 4.87. The largest absolute Gasteiger partial charge is 0.496 e. The first kappa shape index (κ1) is 49.6. The molecule has 0 aromatic heterocycles. The summed E-state index contributed by atoms with van der Waals surface area (Å²) < 4.78 is 5.88. The Balaban J connectivity index is -0.000000327. The molecule has 0 bridgehead atoms. The Labute approximate surface area is 281 Å². The highest BCUT2D eigenvalue weighted by Crippen LogP contribution is 2.45. The Morgan fingerprint density at radius 2 is 1.44 bits per heavy atom. The van der Waals surface area contributed by atoms with Crippen molar-refractivity contribution in [3.8, 4) is 5.75 Å². The minimum Gasteiger partial charge on any atom is -0.496 e. The van der Waals surface area contributed by atoms with E-state index in [1.54, 1.807) is 0 Å². The van der Waals surface area contributed by atoms with Gasteiger partial charge in [0.1, 0.15) is 18.3 Å². The number of carbonyl (C=O) groups is 2. The first-order valence-corrected chi connectivity index (χ1v) is 17.5.